The molecule has 16 heavy (non-hydrogen) atoms. The first-order valence-electron chi connectivity index (χ1n) is 5.24. The summed E-state index contributed by atoms with van der Waals surface area (Å²) in [6.45, 7) is 4.46. The number of aromatic nitrogens is 2. The second-order valence-electron chi connectivity index (χ2n) is 3.84. The van der Waals surface area contributed by atoms with E-state index in [1.165, 1.54) is 0 Å². The van der Waals surface area contributed by atoms with Gasteiger partial charge in [0.1, 0.15) is 5.82 Å². The highest BCUT2D eigenvalue weighted by molar-refractivity contribution is 5.66. The first-order chi connectivity index (χ1) is 7.50. The van der Waals surface area contributed by atoms with Gasteiger partial charge in [-0.3, -0.25) is 9.78 Å². The minimum atomic E-state index is -0.763. The third-order valence-corrected chi connectivity index (χ3v) is 2.30. The molecular formula is C11H17N3O2. The maximum atomic E-state index is 10.4. The van der Waals surface area contributed by atoms with Crippen LogP contribution in [0.25, 0.3) is 0 Å². The highest BCUT2D eigenvalue weighted by atomic mass is 16.4. The van der Waals surface area contributed by atoms with Crippen LogP contribution < -0.4 is 4.90 Å². The van der Waals surface area contributed by atoms with E-state index < -0.39 is 5.97 Å². The van der Waals surface area contributed by atoms with E-state index in [1.54, 1.807) is 6.20 Å². The molecule has 0 saturated carbocycles. The molecule has 0 bridgehead atoms. The second kappa shape index (κ2) is 5.44. The van der Waals surface area contributed by atoms with Gasteiger partial charge in [-0.1, -0.05) is 0 Å². The molecule has 0 unspecified atom stereocenters. The van der Waals surface area contributed by atoms with Gasteiger partial charge in [-0.05, 0) is 20.3 Å². The number of nitrogens with zero attached hydrogens (tertiary/aromatic N) is 3. The molecule has 0 aromatic carbocycles. The van der Waals surface area contributed by atoms with E-state index in [-0.39, 0.29) is 6.42 Å². The van der Waals surface area contributed by atoms with Crippen molar-refractivity contribution in [3.8, 4) is 0 Å². The Kier molecular flexibility index (Phi) is 4.22. The van der Waals surface area contributed by atoms with Gasteiger partial charge in [0.25, 0.3) is 0 Å². The zero-order chi connectivity index (χ0) is 12.1. The molecule has 0 aliphatic carbocycles. The Labute approximate surface area is 95.1 Å². The number of rotatable bonds is 5. The molecule has 0 fully saturated rings. The fraction of sp³-hybridized carbons (Fsp3) is 0.545. The predicted octanol–water partition coefficient (Wildman–Crippen LogP) is 1.39. The summed E-state index contributed by atoms with van der Waals surface area (Å²) in [4.78, 5) is 20.9. The zero-order valence-electron chi connectivity index (χ0n) is 9.90. The summed E-state index contributed by atoms with van der Waals surface area (Å²) in [5.74, 6) is 0.0610. The summed E-state index contributed by atoms with van der Waals surface area (Å²) < 4.78 is 0. The van der Waals surface area contributed by atoms with Gasteiger partial charge >= 0.3 is 5.97 Å². The molecule has 5 heteroatoms. The van der Waals surface area contributed by atoms with E-state index in [9.17, 15) is 4.79 Å². The molecule has 0 aliphatic rings. The van der Waals surface area contributed by atoms with E-state index in [1.807, 2.05) is 25.8 Å². The van der Waals surface area contributed by atoms with Crippen LogP contribution in [0.4, 0.5) is 5.82 Å². The maximum Gasteiger partial charge on any atom is 0.303 e. The number of hydrogen-bond acceptors (Lipinski definition) is 4. The molecule has 1 rings (SSSR count). The first-order valence-corrected chi connectivity index (χ1v) is 5.24. The van der Waals surface area contributed by atoms with E-state index in [0.717, 1.165) is 17.2 Å². The van der Waals surface area contributed by atoms with Gasteiger partial charge in [0.05, 0.1) is 11.4 Å². The minimum absolute atomic E-state index is 0.183. The summed E-state index contributed by atoms with van der Waals surface area (Å²) in [7, 11) is 1.90. The summed E-state index contributed by atoms with van der Waals surface area (Å²) >= 11 is 0. The standard InChI is InChI=1S/C11H17N3O2/c1-8-7-12-9(2)11(13-8)14(3)6-4-5-10(15)16/h7H,4-6H2,1-3H3,(H,15,16). The number of anilines is 1. The van der Waals surface area contributed by atoms with Crippen molar-refractivity contribution in [2.75, 3.05) is 18.5 Å². The molecule has 0 aliphatic heterocycles. The molecule has 0 spiro atoms. The van der Waals surface area contributed by atoms with Crippen LogP contribution in [0.2, 0.25) is 0 Å². The van der Waals surface area contributed by atoms with Crippen LogP contribution in [-0.4, -0.2) is 34.6 Å². The van der Waals surface area contributed by atoms with Crippen molar-refractivity contribution >= 4 is 11.8 Å². The van der Waals surface area contributed by atoms with Gasteiger partial charge in [0.15, 0.2) is 0 Å². The first kappa shape index (κ1) is 12.4. The fourth-order valence-corrected chi connectivity index (χ4v) is 1.46. The number of hydrogen-bond donors (Lipinski definition) is 1. The van der Waals surface area contributed by atoms with Crippen LogP contribution in [0.5, 0.6) is 0 Å². The molecule has 1 N–H and O–H groups in total. The molecule has 0 radical (unpaired) electrons. The Balaban J connectivity index is 2.61. The van der Waals surface area contributed by atoms with E-state index in [2.05, 4.69) is 9.97 Å². The summed E-state index contributed by atoms with van der Waals surface area (Å²) in [5.41, 5.74) is 1.73. The van der Waals surface area contributed by atoms with Crippen LogP contribution >= 0.6 is 0 Å². The van der Waals surface area contributed by atoms with Crippen LogP contribution in [0.15, 0.2) is 6.20 Å². The second-order valence-corrected chi connectivity index (χ2v) is 3.84. The fourth-order valence-electron chi connectivity index (χ4n) is 1.46. The number of aliphatic carboxylic acids is 1. The average Bonchev–Trinajstić information content (AvgIpc) is 2.21. The molecule has 0 amide bonds. The van der Waals surface area contributed by atoms with Crippen LogP contribution in [0, 0.1) is 13.8 Å². The van der Waals surface area contributed by atoms with Crippen molar-refractivity contribution < 1.29 is 9.90 Å². The van der Waals surface area contributed by atoms with Crippen molar-refractivity contribution in [2.24, 2.45) is 0 Å². The molecule has 88 valence electrons. The summed E-state index contributed by atoms with van der Waals surface area (Å²) in [6, 6.07) is 0. The normalized spacial score (nSPS) is 10.2. The van der Waals surface area contributed by atoms with Gasteiger partial charge in [-0.2, -0.15) is 0 Å². The minimum Gasteiger partial charge on any atom is -0.481 e. The van der Waals surface area contributed by atoms with Gasteiger partial charge in [0.2, 0.25) is 0 Å². The number of aryl methyl sites for hydroxylation is 2. The summed E-state index contributed by atoms with van der Waals surface area (Å²) in [5, 5.41) is 8.55. The van der Waals surface area contributed by atoms with E-state index >= 15 is 0 Å². The van der Waals surface area contributed by atoms with Crippen LogP contribution in [0.3, 0.4) is 0 Å². The van der Waals surface area contributed by atoms with Crippen LogP contribution in [-0.2, 0) is 4.79 Å². The maximum absolute atomic E-state index is 10.4. The molecule has 0 saturated heterocycles. The Hall–Kier alpha value is -1.65. The number of carboxylic acids is 1. The molecular weight excluding hydrogens is 206 g/mol. The third kappa shape index (κ3) is 3.49. The Morgan fingerprint density at radius 1 is 1.50 bits per heavy atom. The van der Waals surface area contributed by atoms with Gasteiger partial charge in [0, 0.05) is 26.2 Å². The number of carboxylic acid groups (broad SMARTS) is 1. The van der Waals surface area contributed by atoms with Crippen molar-refractivity contribution in [2.45, 2.75) is 26.7 Å². The molecule has 5 nitrogen and oxygen atoms in total. The van der Waals surface area contributed by atoms with Gasteiger partial charge < -0.3 is 10.0 Å². The number of carbonyl (C=O) groups is 1. The average molecular weight is 223 g/mol. The van der Waals surface area contributed by atoms with E-state index in [0.29, 0.717) is 13.0 Å². The van der Waals surface area contributed by atoms with Gasteiger partial charge in [-0.25, -0.2) is 4.98 Å². The lowest BCUT2D eigenvalue weighted by molar-refractivity contribution is -0.137. The monoisotopic (exact) mass is 223 g/mol. The van der Waals surface area contributed by atoms with Crippen molar-refractivity contribution in [3.05, 3.63) is 17.6 Å². The zero-order valence-corrected chi connectivity index (χ0v) is 9.90. The van der Waals surface area contributed by atoms with Gasteiger partial charge in [-0.15, -0.1) is 0 Å². The predicted molar refractivity (Wildman–Crippen MR) is 61.6 cm³/mol. The smallest absolute Gasteiger partial charge is 0.303 e. The Bertz CT molecular complexity index is 379. The highest BCUT2D eigenvalue weighted by Gasteiger charge is 2.08. The summed E-state index contributed by atoms with van der Waals surface area (Å²) in [6.07, 6.45) is 2.52. The van der Waals surface area contributed by atoms with E-state index in [4.69, 9.17) is 5.11 Å². The van der Waals surface area contributed by atoms with Crippen molar-refractivity contribution in [1.82, 2.24) is 9.97 Å². The lowest BCUT2D eigenvalue weighted by Gasteiger charge is -2.19. The molecule has 1 aromatic rings. The third-order valence-electron chi connectivity index (χ3n) is 2.30. The van der Waals surface area contributed by atoms with Crippen molar-refractivity contribution in [1.29, 1.82) is 0 Å². The van der Waals surface area contributed by atoms with Crippen molar-refractivity contribution in [3.63, 3.8) is 0 Å². The SMILES string of the molecule is Cc1cnc(C)c(N(C)CCCC(=O)O)n1. The topological polar surface area (TPSA) is 66.3 Å². The molecule has 0 atom stereocenters. The van der Waals surface area contributed by atoms with Crippen LogP contribution in [0.1, 0.15) is 24.2 Å². The highest BCUT2D eigenvalue weighted by Crippen LogP contribution is 2.13. The lowest BCUT2D eigenvalue weighted by Crippen LogP contribution is -2.22. The Morgan fingerprint density at radius 3 is 2.81 bits per heavy atom. The Morgan fingerprint density at radius 2 is 2.19 bits per heavy atom. The largest absolute Gasteiger partial charge is 0.481 e. The lowest BCUT2D eigenvalue weighted by atomic mass is 10.3. The molecule has 1 aromatic heterocycles. The quantitative estimate of drug-likeness (QED) is 0.817. The molecule has 1 heterocycles.